The topological polar surface area (TPSA) is 61.0 Å². The van der Waals surface area contributed by atoms with Gasteiger partial charge in [-0.1, -0.05) is 12.8 Å². The van der Waals surface area contributed by atoms with Gasteiger partial charge in [-0.3, -0.25) is 0 Å². The number of nitrogens with two attached hydrogens (primary N) is 1. The van der Waals surface area contributed by atoms with Crippen molar-refractivity contribution < 1.29 is 4.74 Å². The zero-order valence-corrected chi connectivity index (χ0v) is 13.1. The van der Waals surface area contributed by atoms with Crippen LogP contribution in [0.15, 0.2) is 0 Å². The first-order chi connectivity index (χ1) is 8.63. The Hall–Kier alpha value is -0.430. The summed E-state index contributed by atoms with van der Waals surface area (Å²) in [7, 11) is 0. The minimum absolute atomic E-state index is 0.0885. The molecule has 1 heterocycles. The fourth-order valence-electron chi connectivity index (χ4n) is 2.48. The third kappa shape index (κ3) is 2.93. The molecule has 100 valence electrons. The first-order valence-corrected chi connectivity index (χ1v) is 7.65. The summed E-state index contributed by atoms with van der Waals surface area (Å²) in [5, 5.41) is 0. The maximum absolute atomic E-state index is 6.01. The van der Waals surface area contributed by atoms with Gasteiger partial charge in [0.25, 0.3) is 0 Å². The molecule has 0 radical (unpaired) electrons. The first-order valence-electron chi connectivity index (χ1n) is 6.57. The molecule has 2 rings (SSSR count). The van der Waals surface area contributed by atoms with Gasteiger partial charge < -0.3 is 10.5 Å². The molecule has 0 saturated heterocycles. The lowest BCUT2D eigenvalue weighted by Crippen LogP contribution is -2.13. The summed E-state index contributed by atoms with van der Waals surface area (Å²) in [6, 6.07) is 0. The average molecular weight is 361 g/mol. The summed E-state index contributed by atoms with van der Waals surface area (Å²) >= 11 is 2.27. The number of nitrogens with zero attached hydrogens (tertiary/aromatic N) is 2. The number of aromatic nitrogens is 2. The Balaban J connectivity index is 2.32. The Morgan fingerprint density at radius 1 is 1.39 bits per heavy atom. The summed E-state index contributed by atoms with van der Waals surface area (Å²) in [6.07, 6.45) is 4.93. The molecule has 4 nitrogen and oxygen atoms in total. The molecule has 1 unspecified atom stereocenters. The molecule has 1 aromatic rings. The van der Waals surface area contributed by atoms with Crippen LogP contribution in [0.2, 0.25) is 0 Å². The lowest BCUT2D eigenvalue weighted by Gasteiger charge is -2.16. The second kappa shape index (κ2) is 6.14. The molecular weight excluding hydrogens is 341 g/mol. The molecule has 1 fully saturated rings. The largest absolute Gasteiger partial charge is 0.383 e. The summed E-state index contributed by atoms with van der Waals surface area (Å²) < 4.78 is 6.58. The minimum Gasteiger partial charge on any atom is -0.383 e. The van der Waals surface area contributed by atoms with Crippen molar-refractivity contribution in [2.24, 2.45) is 0 Å². The molecule has 1 aromatic heterocycles. The van der Waals surface area contributed by atoms with E-state index in [1.807, 2.05) is 13.8 Å². The standard InChI is InChI=1S/C13H20IN3O/c1-3-18-8(2)13-16-11(9-6-4-5-7-9)10(14)12(15)17-13/h8-9H,3-7H2,1-2H3,(H2,15,16,17). The van der Waals surface area contributed by atoms with Crippen LogP contribution in [0, 0.1) is 3.57 Å². The second-order valence-corrected chi connectivity index (χ2v) is 5.82. The van der Waals surface area contributed by atoms with Gasteiger partial charge in [-0.25, -0.2) is 9.97 Å². The van der Waals surface area contributed by atoms with Gasteiger partial charge in [0, 0.05) is 12.5 Å². The number of hydrogen-bond acceptors (Lipinski definition) is 4. The molecule has 1 saturated carbocycles. The Kier molecular flexibility index (Phi) is 4.77. The summed E-state index contributed by atoms with van der Waals surface area (Å²) in [5.74, 6) is 1.86. The minimum atomic E-state index is -0.0885. The normalized spacial score (nSPS) is 18.2. The van der Waals surface area contributed by atoms with Gasteiger partial charge in [-0.15, -0.1) is 0 Å². The lowest BCUT2D eigenvalue weighted by atomic mass is 10.0. The molecule has 18 heavy (non-hydrogen) atoms. The van der Waals surface area contributed by atoms with Crippen molar-refractivity contribution in [1.29, 1.82) is 0 Å². The van der Waals surface area contributed by atoms with Gasteiger partial charge in [0.15, 0.2) is 5.82 Å². The van der Waals surface area contributed by atoms with Gasteiger partial charge in [0.05, 0.1) is 9.26 Å². The van der Waals surface area contributed by atoms with Crippen LogP contribution in [0.1, 0.15) is 63.1 Å². The summed E-state index contributed by atoms with van der Waals surface area (Å²) in [5.41, 5.74) is 7.14. The maximum atomic E-state index is 6.01. The second-order valence-electron chi connectivity index (χ2n) is 4.75. The first kappa shape index (κ1) is 14.0. The molecule has 0 bridgehead atoms. The van der Waals surface area contributed by atoms with Crippen molar-refractivity contribution in [3.05, 3.63) is 15.1 Å². The summed E-state index contributed by atoms with van der Waals surface area (Å²) in [6.45, 7) is 4.61. The molecule has 1 aliphatic rings. The Bertz CT molecular complexity index is 419. The van der Waals surface area contributed by atoms with Crippen LogP contribution in [0.5, 0.6) is 0 Å². The fourth-order valence-corrected chi connectivity index (χ4v) is 3.16. The molecule has 1 atom stereocenters. The quantitative estimate of drug-likeness (QED) is 0.835. The highest BCUT2D eigenvalue weighted by Gasteiger charge is 2.24. The monoisotopic (exact) mass is 361 g/mol. The van der Waals surface area contributed by atoms with Gasteiger partial charge >= 0.3 is 0 Å². The van der Waals surface area contributed by atoms with Crippen LogP contribution in [-0.2, 0) is 4.74 Å². The van der Waals surface area contributed by atoms with E-state index in [9.17, 15) is 0 Å². The molecular formula is C13H20IN3O. The van der Waals surface area contributed by atoms with E-state index >= 15 is 0 Å². The molecule has 0 aromatic carbocycles. The van der Waals surface area contributed by atoms with Crippen LogP contribution in [0.25, 0.3) is 0 Å². The average Bonchev–Trinajstić information content (AvgIpc) is 2.86. The predicted molar refractivity (Wildman–Crippen MR) is 80.4 cm³/mol. The Morgan fingerprint density at radius 2 is 2.06 bits per heavy atom. The number of rotatable bonds is 4. The van der Waals surface area contributed by atoms with Crippen molar-refractivity contribution in [2.45, 2.75) is 51.6 Å². The van der Waals surface area contributed by atoms with Crippen LogP contribution in [0.3, 0.4) is 0 Å². The van der Waals surface area contributed by atoms with Crippen LogP contribution in [0.4, 0.5) is 5.82 Å². The van der Waals surface area contributed by atoms with Gasteiger partial charge in [0.2, 0.25) is 0 Å². The third-order valence-corrected chi connectivity index (χ3v) is 4.55. The van der Waals surface area contributed by atoms with E-state index in [1.165, 1.54) is 25.7 Å². The van der Waals surface area contributed by atoms with Gasteiger partial charge in [0.1, 0.15) is 11.9 Å². The van der Waals surface area contributed by atoms with E-state index < -0.39 is 0 Å². The van der Waals surface area contributed by atoms with E-state index in [0.29, 0.717) is 18.3 Å². The van der Waals surface area contributed by atoms with Gasteiger partial charge in [-0.2, -0.15) is 0 Å². The van der Waals surface area contributed by atoms with Crippen molar-refractivity contribution in [2.75, 3.05) is 12.3 Å². The van der Waals surface area contributed by atoms with E-state index in [2.05, 4.69) is 27.6 Å². The van der Waals surface area contributed by atoms with Crippen molar-refractivity contribution in [3.8, 4) is 0 Å². The highest BCUT2D eigenvalue weighted by molar-refractivity contribution is 14.1. The number of ether oxygens (including phenoxy) is 1. The maximum Gasteiger partial charge on any atom is 0.159 e. The van der Waals surface area contributed by atoms with Crippen LogP contribution < -0.4 is 5.73 Å². The smallest absolute Gasteiger partial charge is 0.159 e. The SMILES string of the molecule is CCOC(C)c1nc(N)c(I)c(C2CCCC2)n1. The molecule has 0 amide bonds. The molecule has 1 aliphatic carbocycles. The van der Waals surface area contributed by atoms with Crippen LogP contribution >= 0.6 is 22.6 Å². The molecule has 2 N–H and O–H groups in total. The van der Waals surface area contributed by atoms with E-state index in [1.54, 1.807) is 0 Å². The third-order valence-electron chi connectivity index (χ3n) is 3.44. The highest BCUT2D eigenvalue weighted by atomic mass is 127. The highest BCUT2D eigenvalue weighted by Crippen LogP contribution is 2.36. The molecule has 0 spiro atoms. The lowest BCUT2D eigenvalue weighted by molar-refractivity contribution is 0.0699. The van der Waals surface area contributed by atoms with E-state index in [0.717, 1.165) is 15.1 Å². The fraction of sp³-hybridized carbons (Fsp3) is 0.692. The van der Waals surface area contributed by atoms with Gasteiger partial charge in [-0.05, 0) is 49.3 Å². The molecule has 5 heteroatoms. The van der Waals surface area contributed by atoms with Crippen LogP contribution in [-0.4, -0.2) is 16.6 Å². The number of halogens is 1. The van der Waals surface area contributed by atoms with Crippen molar-refractivity contribution >= 4 is 28.4 Å². The van der Waals surface area contributed by atoms with E-state index in [4.69, 9.17) is 15.5 Å². The zero-order valence-electron chi connectivity index (χ0n) is 10.9. The number of anilines is 1. The summed E-state index contributed by atoms with van der Waals surface area (Å²) in [4.78, 5) is 9.07. The number of hydrogen-bond donors (Lipinski definition) is 1. The zero-order chi connectivity index (χ0) is 13.1. The number of nitrogen functional groups attached to an aromatic ring is 1. The predicted octanol–water partition coefficient (Wildman–Crippen LogP) is 3.42. The van der Waals surface area contributed by atoms with E-state index in [-0.39, 0.29) is 6.10 Å². The van der Waals surface area contributed by atoms with Crippen molar-refractivity contribution in [1.82, 2.24) is 9.97 Å². The Morgan fingerprint density at radius 3 is 2.67 bits per heavy atom. The van der Waals surface area contributed by atoms with Crippen molar-refractivity contribution in [3.63, 3.8) is 0 Å². The molecule has 0 aliphatic heterocycles. The Labute approximate surface area is 122 Å².